The summed E-state index contributed by atoms with van der Waals surface area (Å²) in [7, 11) is 0. The first-order valence-corrected chi connectivity index (χ1v) is 6.22. The van der Waals surface area contributed by atoms with Crippen LogP contribution in [-0.2, 0) is 11.2 Å². The molecule has 0 aliphatic heterocycles. The fourth-order valence-corrected chi connectivity index (χ4v) is 2.31. The molecule has 0 fully saturated rings. The van der Waals surface area contributed by atoms with E-state index in [2.05, 4.69) is 4.74 Å². The molecule has 2 N–H and O–H groups in total. The van der Waals surface area contributed by atoms with E-state index in [9.17, 15) is 13.2 Å². The van der Waals surface area contributed by atoms with Gasteiger partial charge in [-0.25, -0.2) is 0 Å². The molecule has 6 heteroatoms. The molecule has 1 aromatic rings. The molecule has 0 aliphatic rings. The molecule has 0 saturated heterocycles. The van der Waals surface area contributed by atoms with Crippen molar-refractivity contribution in [1.29, 1.82) is 0 Å². The van der Waals surface area contributed by atoms with Gasteiger partial charge in [-0.3, -0.25) is 0 Å². The highest BCUT2D eigenvalue weighted by Crippen LogP contribution is 2.24. The molecule has 1 heterocycles. The van der Waals surface area contributed by atoms with Gasteiger partial charge in [-0.2, -0.15) is 13.2 Å². The van der Waals surface area contributed by atoms with E-state index in [1.807, 2.05) is 19.1 Å². The van der Waals surface area contributed by atoms with Gasteiger partial charge in [-0.15, -0.1) is 11.3 Å². The van der Waals surface area contributed by atoms with Crippen LogP contribution in [0, 0.1) is 0 Å². The van der Waals surface area contributed by atoms with Gasteiger partial charge in [0.05, 0.1) is 0 Å². The second kappa shape index (κ2) is 6.37. The van der Waals surface area contributed by atoms with Gasteiger partial charge in [-0.1, -0.05) is 6.92 Å². The minimum absolute atomic E-state index is 0.0278. The topological polar surface area (TPSA) is 35.2 Å². The number of nitrogens with two attached hydrogens (primary N) is 1. The predicted octanol–water partition coefficient (Wildman–Crippen LogP) is 3.28. The number of thiophene rings is 1. The zero-order chi connectivity index (χ0) is 12.9. The SMILES string of the molecule is CCc1ccc(C(N)CCOCC(F)(F)F)s1. The molecule has 0 radical (unpaired) electrons. The summed E-state index contributed by atoms with van der Waals surface area (Å²) in [6.45, 7) is 0.873. The molecule has 2 nitrogen and oxygen atoms in total. The van der Waals surface area contributed by atoms with E-state index in [-0.39, 0.29) is 12.6 Å². The number of aryl methyl sites for hydroxylation is 1. The van der Waals surface area contributed by atoms with Crippen molar-refractivity contribution >= 4 is 11.3 Å². The maximum Gasteiger partial charge on any atom is 0.411 e. The summed E-state index contributed by atoms with van der Waals surface area (Å²) in [5.74, 6) is 0. The maximum atomic E-state index is 11.8. The minimum Gasteiger partial charge on any atom is -0.372 e. The molecule has 0 aromatic carbocycles. The monoisotopic (exact) mass is 267 g/mol. The van der Waals surface area contributed by atoms with E-state index >= 15 is 0 Å². The Morgan fingerprint density at radius 1 is 1.41 bits per heavy atom. The largest absolute Gasteiger partial charge is 0.411 e. The molecular formula is C11H16F3NOS. The molecule has 0 spiro atoms. The third kappa shape index (κ3) is 5.52. The van der Waals surface area contributed by atoms with Crippen LogP contribution in [0.2, 0.25) is 0 Å². The van der Waals surface area contributed by atoms with Crippen molar-refractivity contribution in [2.75, 3.05) is 13.2 Å². The molecule has 0 bridgehead atoms. The normalized spacial score (nSPS) is 13.9. The average Bonchev–Trinajstić information content (AvgIpc) is 2.71. The van der Waals surface area contributed by atoms with Gasteiger partial charge in [0.2, 0.25) is 0 Å². The van der Waals surface area contributed by atoms with Crippen LogP contribution in [-0.4, -0.2) is 19.4 Å². The molecule has 1 rings (SSSR count). The molecule has 0 saturated carbocycles. The lowest BCUT2D eigenvalue weighted by Gasteiger charge is -2.11. The number of halogens is 3. The van der Waals surface area contributed by atoms with Crippen molar-refractivity contribution in [2.24, 2.45) is 5.73 Å². The van der Waals surface area contributed by atoms with E-state index in [4.69, 9.17) is 5.73 Å². The maximum absolute atomic E-state index is 11.8. The number of alkyl halides is 3. The fourth-order valence-electron chi connectivity index (χ4n) is 1.32. The Kier molecular flexibility index (Phi) is 5.42. The van der Waals surface area contributed by atoms with Gasteiger partial charge in [0.25, 0.3) is 0 Å². The summed E-state index contributed by atoms with van der Waals surface area (Å²) in [6.07, 6.45) is -2.91. The van der Waals surface area contributed by atoms with Gasteiger partial charge in [0, 0.05) is 22.4 Å². The Morgan fingerprint density at radius 3 is 2.65 bits per heavy atom. The Hall–Kier alpha value is -0.590. The molecule has 0 aliphatic carbocycles. The molecule has 98 valence electrons. The Bertz CT molecular complexity index is 338. The van der Waals surface area contributed by atoms with Crippen molar-refractivity contribution in [3.8, 4) is 0 Å². The van der Waals surface area contributed by atoms with Gasteiger partial charge in [0.15, 0.2) is 0 Å². The first-order chi connectivity index (χ1) is 7.92. The van der Waals surface area contributed by atoms with Crippen molar-refractivity contribution in [2.45, 2.75) is 32.0 Å². The Morgan fingerprint density at radius 2 is 2.12 bits per heavy atom. The molecule has 17 heavy (non-hydrogen) atoms. The van der Waals surface area contributed by atoms with E-state index in [0.717, 1.165) is 11.3 Å². The standard InChI is InChI=1S/C11H16F3NOS/c1-2-8-3-4-10(17-8)9(15)5-6-16-7-11(12,13)14/h3-4,9H,2,5-7,15H2,1H3. The van der Waals surface area contributed by atoms with Crippen molar-refractivity contribution in [3.05, 3.63) is 21.9 Å². The third-order valence-corrected chi connectivity index (χ3v) is 3.60. The van der Waals surface area contributed by atoms with E-state index in [0.29, 0.717) is 6.42 Å². The van der Waals surface area contributed by atoms with Crippen LogP contribution in [0.1, 0.15) is 29.1 Å². The van der Waals surface area contributed by atoms with Crippen molar-refractivity contribution < 1.29 is 17.9 Å². The Balaban J connectivity index is 2.27. The summed E-state index contributed by atoms with van der Waals surface area (Å²) in [5.41, 5.74) is 5.86. The van der Waals surface area contributed by atoms with Gasteiger partial charge >= 0.3 is 6.18 Å². The lowest BCUT2D eigenvalue weighted by molar-refractivity contribution is -0.174. The predicted molar refractivity (Wildman–Crippen MR) is 62.1 cm³/mol. The molecule has 1 atom stereocenters. The highest BCUT2D eigenvalue weighted by molar-refractivity contribution is 7.12. The quantitative estimate of drug-likeness (QED) is 0.803. The third-order valence-electron chi connectivity index (χ3n) is 2.24. The first kappa shape index (κ1) is 14.5. The van der Waals surface area contributed by atoms with E-state index in [1.165, 1.54) is 4.88 Å². The zero-order valence-electron chi connectivity index (χ0n) is 9.59. The van der Waals surface area contributed by atoms with Crippen LogP contribution >= 0.6 is 11.3 Å². The highest BCUT2D eigenvalue weighted by atomic mass is 32.1. The second-order valence-corrected chi connectivity index (χ2v) is 4.92. The van der Waals surface area contributed by atoms with E-state index in [1.54, 1.807) is 11.3 Å². The number of rotatable bonds is 6. The fraction of sp³-hybridized carbons (Fsp3) is 0.636. The zero-order valence-corrected chi connectivity index (χ0v) is 10.4. The summed E-state index contributed by atoms with van der Waals surface area (Å²) in [5, 5.41) is 0. The molecular weight excluding hydrogens is 251 g/mol. The van der Waals surface area contributed by atoms with Gasteiger partial charge in [0.1, 0.15) is 6.61 Å². The highest BCUT2D eigenvalue weighted by Gasteiger charge is 2.27. The van der Waals surface area contributed by atoms with Crippen LogP contribution in [0.25, 0.3) is 0 Å². The van der Waals surface area contributed by atoms with Crippen LogP contribution in [0.15, 0.2) is 12.1 Å². The second-order valence-electron chi connectivity index (χ2n) is 3.72. The summed E-state index contributed by atoms with van der Waals surface area (Å²) in [6, 6.07) is 3.68. The summed E-state index contributed by atoms with van der Waals surface area (Å²) >= 11 is 1.60. The number of ether oxygens (including phenoxy) is 1. The lowest BCUT2D eigenvalue weighted by atomic mass is 10.2. The van der Waals surface area contributed by atoms with Crippen LogP contribution in [0.5, 0.6) is 0 Å². The smallest absolute Gasteiger partial charge is 0.372 e. The van der Waals surface area contributed by atoms with Crippen LogP contribution < -0.4 is 5.73 Å². The number of hydrogen-bond donors (Lipinski definition) is 1. The van der Waals surface area contributed by atoms with E-state index < -0.39 is 12.8 Å². The average molecular weight is 267 g/mol. The summed E-state index contributed by atoms with van der Waals surface area (Å²) < 4.78 is 39.9. The first-order valence-electron chi connectivity index (χ1n) is 5.41. The van der Waals surface area contributed by atoms with Gasteiger partial charge in [-0.05, 0) is 25.0 Å². The van der Waals surface area contributed by atoms with Crippen LogP contribution in [0.4, 0.5) is 13.2 Å². The van der Waals surface area contributed by atoms with Crippen molar-refractivity contribution in [1.82, 2.24) is 0 Å². The molecule has 0 amide bonds. The molecule has 1 unspecified atom stereocenters. The number of hydrogen-bond acceptors (Lipinski definition) is 3. The Labute approximate surface area is 103 Å². The van der Waals surface area contributed by atoms with Crippen LogP contribution in [0.3, 0.4) is 0 Å². The molecule has 1 aromatic heterocycles. The lowest BCUT2D eigenvalue weighted by Crippen LogP contribution is -2.19. The van der Waals surface area contributed by atoms with Gasteiger partial charge < -0.3 is 10.5 Å². The summed E-state index contributed by atoms with van der Waals surface area (Å²) in [4.78, 5) is 2.23. The minimum atomic E-state index is -4.26. The van der Waals surface area contributed by atoms with Crippen molar-refractivity contribution in [3.63, 3.8) is 0 Å².